The number of benzene rings is 5. The van der Waals surface area contributed by atoms with Crippen LogP contribution in [0, 0.1) is 0 Å². The van der Waals surface area contributed by atoms with Gasteiger partial charge in [0.2, 0.25) is 0 Å². The summed E-state index contributed by atoms with van der Waals surface area (Å²) < 4.78 is 4.66. The second-order valence-electron chi connectivity index (χ2n) is 13.4. The molecule has 0 saturated heterocycles. The molecule has 1 aliphatic carbocycles. The number of allylic oxidation sites excluding steroid dienone is 2. The minimum atomic E-state index is 0.118. The van der Waals surface area contributed by atoms with Gasteiger partial charge in [-0.3, -0.25) is 4.57 Å². The van der Waals surface area contributed by atoms with Gasteiger partial charge < -0.3 is 9.47 Å². The molecule has 11 rings (SSSR count). The van der Waals surface area contributed by atoms with Crippen LogP contribution in [0.5, 0.6) is 0 Å². The van der Waals surface area contributed by atoms with Crippen molar-refractivity contribution in [3.63, 3.8) is 0 Å². The molecule has 5 heterocycles. The summed E-state index contributed by atoms with van der Waals surface area (Å²) in [6.45, 7) is 0. The fourth-order valence-electron chi connectivity index (χ4n) is 8.48. The molecule has 2 unspecified atom stereocenters. The first-order valence-electron chi connectivity index (χ1n) is 17.5. The Balaban J connectivity index is 1.07. The van der Waals surface area contributed by atoms with Crippen LogP contribution in [0.1, 0.15) is 11.5 Å². The van der Waals surface area contributed by atoms with Gasteiger partial charge in [-0.15, -0.1) is 0 Å². The molecule has 0 saturated carbocycles. The van der Waals surface area contributed by atoms with Crippen molar-refractivity contribution >= 4 is 55.1 Å². The third-order valence-corrected chi connectivity index (χ3v) is 10.6. The summed E-state index contributed by atoms with van der Waals surface area (Å²) in [6.07, 6.45) is 9.00. The van der Waals surface area contributed by atoms with E-state index in [2.05, 4.69) is 190 Å². The Morgan fingerprint density at radius 3 is 1.71 bits per heavy atom. The van der Waals surface area contributed by atoms with Crippen LogP contribution in [0.25, 0.3) is 66.5 Å². The number of para-hydroxylation sites is 4. The summed E-state index contributed by atoms with van der Waals surface area (Å²) in [6, 6.07) is 54.0. The Morgan fingerprint density at radius 2 is 1.00 bits per heavy atom. The zero-order chi connectivity index (χ0) is 33.5. The minimum Gasteiger partial charge on any atom is -0.318 e. The minimum absolute atomic E-state index is 0.118. The van der Waals surface area contributed by atoms with Crippen molar-refractivity contribution in [2.75, 3.05) is 4.90 Å². The fraction of sp³-hybridized carbons (Fsp3) is 0.0435. The molecule has 0 amide bonds. The van der Waals surface area contributed by atoms with E-state index < -0.39 is 0 Å². The smallest absolute Gasteiger partial charge is 0.138 e. The van der Waals surface area contributed by atoms with E-state index in [4.69, 9.17) is 9.97 Å². The largest absolute Gasteiger partial charge is 0.318 e. The molecular weight excluding hydrogens is 623 g/mol. The van der Waals surface area contributed by atoms with Gasteiger partial charge in [0.1, 0.15) is 11.6 Å². The highest BCUT2D eigenvalue weighted by Crippen LogP contribution is 2.50. The Hall–Kier alpha value is -6.72. The quantitative estimate of drug-likeness (QED) is 0.190. The molecule has 5 heteroatoms. The first-order chi connectivity index (χ1) is 25.3. The van der Waals surface area contributed by atoms with E-state index in [-0.39, 0.29) is 12.0 Å². The predicted octanol–water partition coefficient (Wildman–Crippen LogP) is 11.1. The van der Waals surface area contributed by atoms with E-state index in [1.165, 1.54) is 49.5 Å². The van der Waals surface area contributed by atoms with Crippen molar-refractivity contribution in [2.45, 2.75) is 12.0 Å². The molecule has 4 aromatic heterocycles. The molecule has 0 radical (unpaired) electrons. The Bertz CT molecular complexity index is 2840. The van der Waals surface area contributed by atoms with E-state index in [1.807, 2.05) is 0 Å². The zero-order valence-electron chi connectivity index (χ0n) is 27.6. The number of hydrogen-bond acceptors (Lipinski definition) is 3. The second-order valence-corrected chi connectivity index (χ2v) is 13.4. The summed E-state index contributed by atoms with van der Waals surface area (Å²) in [4.78, 5) is 13.0. The van der Waals surface area contributed by atoms with Crippen LogP contribution >= 0.6 is 0 Å². The molecule has 9 aromatic rings. The van der Waals surface area contributed by atoms with E-state index in [0.717, 1.165) is 34.1 Å². The molecule has 2 aliphatic rings. The molecule has 0 N–H and O–H groups in total. The van der Waals surface area contributed by atoms with E-state index in [0.29, 0.717) is 0 Å². The van der Waals surface area contributed by atoms with Crippen molar-refractivity contribution in [1.29, 1.82) is 0 Å². The lowest BCUT2D eigenvalue weighted by atomic mass is 9.91. The summed E-state index contributed by atoms with van der Waals surface area (Å²) in [5, 5.41) is 4.92. The van der Waals surface area contributed by atoms with Crippen LogP contribution in [0.15, 0.2) is 176 Å². The van der Waals surface area contributed by atoms with Gasteiger partial charge >= 0.3 is 0 Å². The third-order valence-electron chi connectivity index (χ3n) is 10.6. The van der Waals surface area contributed by atoms with Gasteiger partial charge in [0.05, 0.1) is 39.5 Å². The Labute approximate surface area is 294 Å². The van der Waals surface area contributed by atoms with Crippen molar-refractivity contribution in [3.05, 3.63) is 182 Å². The number of hydrogen-bond donors (Lipinski definition) is 0. The number of anilines is 2. The average Bonchev–Trinajstić information content (AvgIpc) is 3.83. The fourth-order valence-corrected chi connectivity index (χ4v) is 8.48. The second kappa shape index (κ2) is 10.9. The van der Waals surface area contributed by atoms with E-state index >= 15 is 0 Å². The Morgan fingerprint density at radius 1 is 0.431 bits per heavy atom. The lowest BCUT2D eigenvalue weighted by Gasteiger charge is -2.28. The van der Waals surface area contributed by atoms with Crippen LogP contribution in [-0.2, 0) is 0 Å². The normalized spacial score (nSPS) is 16.4. The first-order valence-corrected chi connectivity index (χ1v) is 17.5. The molecule has 5 nitrogen and oxygen atoms in total. The maximum Gasteiger partial charge on any atom is 0.138 e. The van der Waals surface area contributed by atoms with Gasteiger partial charge in [-0.1, -0.05) is 109 Å². The molecule has 0 bridgehead atoms. The van der Waals surface area contributed by atoms with Crippen molar-refractivity contribution < 1.29 is 0 Å². The number of pyridine rings is 2. The number of fused-ring (bicyclic) bond motifs is 9. The van der Waals surface area contributed by atoms with Gasteiger partial charge in [0, 0.05) is 38.8 Å². The summed E-state index contributed by atoms with van der Waals surface area (Å²) in [5.74, 6) is 2.00. The third kappa shape index (κ3) is 4.15. The maximum atomic E-state index is 5.35. The van der Waals surface area contributed by atoms with Gasteiger partial charge in [0.25, 0.3) is 0 Å². The highest BCUT2D eigenvalue weighted by molar-refractivity contribution is 6.11. The predicted molar refractivity (Wildman–Crippen MR) is 210 cm³/mol. The summed E-state index contributed by atoms with van der Waals surface area (Å²) in [5.41, 5.74) is 10.1. The van der Waals surface area contributed by atoms with Crippen LogP contribution < -0.4 is 4.90 Å². The molecule has 2 atom stereocenters. The topological polar surface area (TPSA) is 38.9 Å². The zero-order valence-corrected chi connectivity index (χ0v) is 27.6. The lowest BCUT2D eigenvalue weighted by molar-refractivity contribution is 0.738. The lowest BCUT2D eigenvalue weighted by Crippen LogP contribution is -2.29. The number of nitrogens with zero attached hydrogens (tertiary/aromatic N) is 5. The summed E-state index contributed by atoms with van der Waals surface area (Å²) >= 11 is 0. The highest BCUT2D eigenvalue weighted by Gasteiger charge is 2.39. The molecular formula is C46H31N5. The maximum absolute atomic E-state index is 5.35. The standard InChI is InChI=1S/C46H31N5/c1-2-14-30(15-3-1)49-39-22-8-6-18-33(39)35-29-44-36(28-43(35)49)34-19-7-11-25-42(34)51(44)46-27-13-21-38(48-46)37-20-12-26-45(47-37)50-40-23-9-4-16-31(40)32-17-5-10-24-41(32)50/h1-29,34,42H. The van der Waals surface area contributed by atoms with Gasteiger partial charge in [-0.2, -0.15) is 0 Å². The number of rotatable bonds is 4. The average molecular weight is 654 g/mol. The van der Waals surface area contributed by atoms with Crippen molar-refractivity contribution in [2.24, 2.45) is 0 Å². The van der Waals surface area contributed by atoms with Gasteiger partial charge in [0.15, 0.2) is 0 Å². The van der Waals surface area contributed by atoms with E-state index in [1.54, 1.807) is 0 Å². The molecule has 240 valence electrons. The van der Waals surface area contributed by atoms with Crippen LogP contribution in [-0.4, -0.2) is 25.1 Å². The SMILES string of the molecule is C1=CC2c3cc4c(cc3N(c3cccc(-c5cccc(-n6c7ccccc7c7ccccc76)n5)n3)C2C=C1)c1ccccc1n4-c1ccccc1. The van der Waals surface area contributed by atoms with Gasteiger partial charge in [-0.25, -0.2) is 9.97 Å². The number of aromatic nitrogens is 4. The molecule has 0 fully saturated rings. The van der Waals surface area contributed by atoms with Gasteiger partial charge in [-0.05, 0) is 72.3 Å². The van der Waals surface area contributed by atoms with Crippen molar-refractivity contribution in [3.8, 4) is 22.9 Å². The molecule has 5 aromatic carbocycles. The summed E-state index contributed by atoms with van der Waals surface area (Å²) in [7, 11) is 0. The molecule has 51 heavy (non-hydrogen) atoms. The molecule has 1 aliphatic heterocycles. The Kier molecular flexibility index (Phi) is 6.01. The van der Waals surface area contributed by atoms with Crippen molar-refractivity contribution in [1.82, 2.24) is 19.1 Å². The van der Waals surface area contributed by atoms with Crippen LogP contribution in [0.2, 0.25) is 0 Å². The highest BCUT2D eigenvalue weighted by atomic mass is 15.2. The first kappa shape index (κ1) is 28.2. The van der Waals surface area contributed by atoms with Crippen LogP contribution in [0.4, 0.5) is 11.5 Å². The van der Waals surface area contributed by atoms with Crippen LogP contribution in [0.3, 0.4) is 0 Å². The molecule has 0 spiro atoms. The monoisotopic (exact) mass is 653 g/mol. The van der Waals surface area contributed by atoms with E-state index in [9.17, 15) is 0 Å².